The molecule has 0 fully saturated rings. The molecule has 2 N–H and O–H groups in total. The zero-order chi connectivity index (χ0) is 24.8. The van der Waals surface area contributed by atoms with E-state index < -0.39 is 13.2 Å². The molecule has 1 aliphatic rings. The number of nitrogens with zero attached hydrogens (tertiary/aromatic N) is 2. The normalized spacial score (nSPS) is 15.7. The Morgan fingerprint density at radius 1 is 1.26 bits per heavy atom. The molecule has 182 valence electrons. The second-order valence-corrected chi connectivity index (χ2v) is 9.70. The van der Waals surface area contributed by atoms with Crippen molar-refractivity contribution in [2.75, 3.05) is 20.2 Å². The minimum Gasteiger partial charge on any atom is -0.489 e. The number of carbonyl (C=O) groups excluding carboxylic acids is 1. The predicted molar refractivity (Wildman–Crippen MR) is 136 cm³/mol. The number of fused-ring (bicyclic) bond motifs is 1. The number of hydrogen-bond donors (Lipinski definition) is 2. The molecule has 3 aromatic rings. The predicted octanol–water partition coefficient (Wildman–Crippen LogP) is 3.86. The minimum atomic E-state index is -0.744. The molecule has 0 bridgehead atoms. The number of ether oxygens (including phenoxy) is 2. The molecule has 9 heteroatoms. The van der Waals surface area contributed by atoms with Crippen molar-refractivity contribution in [1.82, 2.24) is 9.79 Å². The summed E-state index contributed by atoms with van der Waals surface area (Å²) in [5.41, 5.74) is 2.38. The standard InChI is InChI=1S/C26H29BN2O5S/c1-27(32)29(17-24(30)20-6-4-12-28-15-20)16-21-9-8-18-13-23(10-11-25(18)34-21)35-22-7-3-5-19(14-22)26(31)33-2/h3-7,10-15,21,24,30,32H,8-9,16-17H2,1-2H3/t21-,24+/m1/s1. The van der Waals surface area contributed by atoms with Gasteiger partial charge in [-0.1, -0.05) is 23.9 Å². The van der Waals surface area contributed by atoms with E-state index in [1.165, 1.54) is 7.11 Å². The van der Waals surface area contributed by atoms with Crippen LogP contribution in [0, 0.1) is 0 Å². The summed E-state index contributed by atoms with van der Waals surface area (Å²) in [5, 5.41) is 20.9. The van der Waals surface area contributed by atoms with Gasteiger partial charge >= 0.3 is 13.0 Å². The Kier molecular flexibility index (Phi) is 8.46. The third kappa shape index (κ3) is 6.64. The molecular formula is C26H29BN2O5S. The molecule has 1 aliphatic heterocycles. The van der Waals surface area contributed by atoms with Gasteiger partial charge in [0.1, 0.15) is 11.9 Å². The molecule has 2 atom stereocenters. The SMILES string of the molecule is COC(=O)c1cccc(Sc2ccc3c(c2)CC[C@H](CN(C[C@H](O)c2cccnc2)B(C)O)O3)c1. The molecule has 7 nitrogen and oxygen atoms in total. The topological polar surface area (TPSA) is 92.1 Å². The van der Waals surface area contributed by atoms with Crippen molar-refractivity contribution in [2.24, 2.45) is 0 Å². The Morgan fingerprint density at radius 2 is 2.09 bits per heavy atom. The van der Waals surface area contributed by atoms with Crippen LogP contribution < -0.4 is 4.74 Å². The lowest BCUT2D eigenvalue weighted by Crippen LogP contribution is -2.46. The van der Waals surface area contributed by atoms with Gasteiger partial charge in [-0.25, -0.2) is 4.79 Å². The lowest BCUT2D eigenvalue weighted by molar-refractivity contribution is 0.0600. The first-order valence-corrected chi connectivity index (χ1v) is 12.4. The average Bonchev–Trinajstić information content (AvgIpc) is 2.88. The summed E-state index contributed by atoms with van der Waals surface area (Å²) in [6.45, 7) is 2.49. The van der Waals surface area contributed by atoms with E-state index in [1.807, 2.05) is 41.2 Å². The Balaban J connectivity index is 1.38. The summed E-state index contributed by atoms with van der Waals surface area (Å²) in [5.74, 6) is 0.490. The van der Waals surface area contributed by atoms with E-state index in [-0.39, 0.29) is 18.6 Å². The first-order chi connectivity index (χ1) is 16.9. The fourth-order valence-electron chi connectivity index (χ4n) is 4.10. The first kappa shape index (κ1) is 25.3. The lowest BCUT2D eigenvalue weighted by atomic mass is 9.83. The maximum Gasteiger partial charge on any atom is 0.376 e. The van der Waals surface area contributed by atoms with Crippen LogP contribution in [0.2, 0.25) is 6.82 Å². The van der Waals surface area contributed by atoms with Gasteiger partial charge in [0, 0.05) is 40.8 Å². The van der Waals surface area contributed by atoms with E-state index in [0.29, 0.717) is 12.1 Å². The van der Waals surface area contributed by atoms with E-state index in [0.717, 1.165) is 39.5 Å². The third-order valence-electron chi connectivity index (χ3n) is 6.00. The molecule has 0 unspecified atom stereocenters. The van der Waals surface area contributed by atoms with Crippen molar-refractivity contribution in [2.45, 2.75) is 41.7 Å². The summed E-state index contributed by atoms with van der Waals surface area (Å²) < 4.78 is 11.1. The highest BCUT2D eigenvalue weighted by Gasteiger charge is 2.27. The Labute approximate surface area is 210 Å². The van der Waals surface area contributed by atoms with Crippen molar-refractivity contribution in [1.29, 1.82) is 0 Å². The largest absolute Gasteiger partial charge is 0.489 e. The molecule has 2 heterocycles. The third-order valence-corrected chi connectivity index (χ3v) is 6.97. The fourth-order valence-corrected chi connectivity index (χ4v) is 5.04. The Hall–Kier alpha value is -2.85. The molecule has 0 amide bonds. The van der Waals surface area contributed by atoms with Crippen LogP contribution in [0.5, 0.6) is 5.75 Å². The second-order valence-electron chi connectivity index (χ2n) is 8.56. The number of benzene rings is 2. The first-order valence-electron chi connectivity index (χ1n) is 11.6. The maximum absolute atomic E-state index is 11.8. The molecule has 0 aliphatic carbocycles. The van der Waals surface area contributed by atoms with Crippen LogP contribution >= 0.6 is 11.8 Å². The highest BCUT2D eigenvalue weighted by atomic mass is 32.2. The number of esters is 1. The van der Waals surface area contributed by atoms with Crippen LogP contribution in [0.1, 0.15) is 34.0 Å². The maximum atomic E-state index is 11.8. The number of rotatable bonds is 9. The van der Waals surface area contributed by atoms with Crippen molar-refractivity contribution in [3.8, 4) is 5.75 Å². The summed E-state index contributed by atoms with van der Waals surface area (Å²) in [6, 6.07) is 17.1. The molecule has 0 spiro atoms. The van der Waals surface area contributed by atoms with Gasteiger partial charge in [0.15, 0.2) is 0 Å². The smallest absolute Gasteiger partial charge is 0.376 e. The van der Waals surface area contributed by atoms with Crippen molar-refractivity contribution in [3.63, 3.8) is 0 Å². The number of pyridine rings is 1. The minimum absolute atomic E-state index is 0.0894. The van der Waals surface area contributed by atoms with Gasteiger partial charge in [0.25, 0.3) is 0 Å². The van der Waals surface area contributed by atoms with E-state index in [9.17, 15) is 14.9 Å². The van der Waals surface area contributed by atoms with E-state index >= 15 is 0 Å². The van der Waals surface area contributed by atoms with E-state index in [1.54, 1.807) is 43.1 Å². The zero-order valence-electron chi connectivity index (χ0n) is 19.8. The Morgan fingerprint density at radius 3 is 2.83 bits per heavy atom. The summed E-state index contributed by atoms with van der Waals surface area (Å²) in [6.07, 6.45) is 4.14. The molecule has 1 aromatic heterocycles. The number of methoxy groups -OCH3 is 1. The van der Waals surface area contributed by atoms with Crippen LogP contribution in [-0.2, 0) is 11.2 Å². The zero-order valence-corrected chi connectivity index (χ0v) is 20.6. The van der Waals surface area contributed by atoms with Crippen LogP contribution in [-0.4, -0.2) is 59.2 Å². The molecule has 35 heavy (non-hydrogen) atoms. The van der Waals surface area contributed by atoms with Crippen molar-refractivity contribution >= 4 is 24.8 Å². The summed E-state index contributed by atoms with van der Waals surface area (Å²) in [7, 11) is 0.660. The molecule has 2 aromatic carbocycles. The summed E-state index contributed by atoms with van der Waals surface area (Å²) in [4.78, 5) is 19.7. The van der Waals surface area contributed by atoms with Crippen LogP contribution in [0.25, 0.3) is 0 Å². The Bertz CT molecular complexity index is 1150. The second kappa shape index (κ2) is 11.7. The highest BCUT2D eigenvalue weighted by Crippen LogP contribution is 2.35. The average molecular weight is 492 g/mol. The highest BCUT2D eigenvalue weighted by molar-refractivity contribution is 7.99. The molecule has 0 radical (unpaired) electrons. The van der Waals surface area contributed by atoms with Crippen LogP contribution in [0.15, 0.2) is 76.8 Å². The number of carbonyl (C=O) groups is 1. The van der Waals surface area contributed by atoms with Gasteiger partial charge in [-0.15, -0.1) is 0 Å². The van der Waals surface area contributed by atoms with Gasteiger partial charge in [0.2, 0.25) is 0 Å². The van der Waals surface area contributed by atoms with Crippen molar-refractivity contribution < 1.29 is 24.4 Å². The number of hydrogen-bond acceptors (Lipinski definition) is 8. The quantitative estimate of drug-likeness (QED) is 0.344. The van der Waals surface area contributed by atoms with Gasteiger partial charge in [0.05, 0.1) is 18.8 Å². The monoisotopic (exact) mass is 492 g/mol. The number of aromatic nitrogens is 1. The van der Waals surface area contributed by atoms with Crippen LogP contribution in [0.4, 0.5) is 0 Å². The molecule has 0 saturated heterocycles. The molecular weight excluding hydrogens is 463 g/mol. The fraction of sp³-hybridized carbons (Fsp3) is 0.308. The van der Waals surface area contributed by atoms with Crippen molar-refractivity contribution in [3.05, 3.63) is 83.7 Å². The number of aliphatic hydroxyl groups is 1. The van der Waals surface area contributed by atoms with Gasteiger partial charge in [-0.2, -0.15) is 0 Å². The number of aliphatic hydroxyl groups excluding tert-OH is 1. The van der Waals surface area contributed by atoms with E-state index in [4.69, 9.17) is 9.47 Å². The lowest BCUT2D eigenvalue weighted by Gasteiger charge is -2.33. The van der Waals surface area contributed by atoms with Gasteiger partial charge < -0.3 is 24.4 Å². The van der Waals surface area contributed by atoms with Crippen LogP contribution in [0.3, 0.4) is 0 Å². The number of aryl methyl sites for hydroxylation is 1. The van der Waals surface area contributed by atoms with E-state index in [2.05, 4.69) is 11.1 Å². The van der Waals surface area contributed by atoms with Gasteiger partial charge in [-0.3, -0.25) is 4.98 Å². The molecule has 0 saturated carbocycles. The summed E-state index contributed by atoms with van der Waals surface area (Å²) >= 11 is 1.59. The van der Waals surface area contributed by atoms with Gasteiger partial charge in [-0.05, 0) is 67.7 Å². The molecule has 4 rings (SSSR count).